The second-order valence-electron chi connectivity index (χ2n) is 5.54. The fraction of sp³-hybridized carbons (Fsp3) is 0.333. The molecule has 0 bridgehead atoms. The fourth-order valence-electron chi connectivity index (χ4n) is 2.52. The molecule has 1 aromatic carbocycles. The van der Waals surface area contributed by atoms with Crippen LogP contribution in [0.1, 0.15) is 12.0 Å². The first-order valence-electron chi connectivity index (χ1n) is 7.36. The van der Waals surface area contributed by atoms with Gasteiger partial charge in [0.15, 0.2) is 9.84 Å². The summed E-state index contributed by atoms with van der Waals surface area (Å²) in [7, 11) is -2.99. The number of hydrogen-bond donors (Lipinski definition) is 2. The Balaban J connectivity index is 1.49. The number of aromatic nitrogens is 2. The molecular weight excluding hydrogens is 316 g/mol. The van der Waals surface area contributed by atoms with Gasteiger partial charge in [0.05, 0.1) is 17.2 Å². The Morgan fingerprint density at radius 1 is 1.30 bits per heavy atom. The minimum Gasteiger partial charge on any atom is -0.334 e. The van der Waals surface area contributed by atoms with Crippen molar-refractivity contribution in [2.45, 2.75) is 19.0 Å². The van der Waals surface area contributed by atoms with Gasteiger partial charge in [-0.05, 0) is 30.2 Å². The molecule has 0 spiro atoms. The first-order valence-corrected chi connectivity index (χ1v) is 9.18. The summed E-state index contributed by atoms with van der Waals surface area (Å²) in [4.78, 5) is 11.8. The van der Waals surface area contributed by atoms with Crippen molar-refractivity contribution in [3.05, 3.63) is 48.3 Å². The van der Waals surface area contributed by atoms with Crippen molar-refractivity contribution in [2.75, 3.05) is 11.5 Å². The molecule has 0 unspecified atom stereocenters. The lowest BCUT2D eigenvalue weighted by Gasteiger charge is -2.12. The molecule has 1 saturated heterocycles. The lowest BCUT2D eigenvalue weighted by Crippen LogP contribution is -2.42. The fourth-order valence-corrected chi connectivity index (χ4v) is 4.19. The minimum absolute atomic E-state index is 0.0268. The van der Waals surface area contributed by atoms with Gasteiger partial charge in [-0.2, -0.15) is 5.10 Å². The van der Waals surface area contributed by atoms with Crippen molar-refractivity contribution < 1.29 is 13.2 Å². The van der Waals surface area contributed by atoms with Gasteiger partial charge in [0.25, 0.3) is 0 Å². The lowest BCUT2D eigenvalue weighted by molar-refractivity contribution is 0.237. The molecule has 1 aromatic heterocycles. The summed E-state index contributed by atoms with van der Waals surface area (Å²) in [5.41, 5.74) is 1.90. The van der Waals surface area contributed by atoms with Crippen LogP contribution in [-0.2, 0) is 16.4 Å². The summed E-state index contributed by atoms with van der Waals surface area (Å²) in [5.74, 6) is 0.172. The molecule has 0 aliphatic carbocycles. The van der Waals surface area contributed by atoms with Gasteiger partial charge in [-0.25, -0.2) is 17.9 Å². The molecule has 1 aliphatic heterocycles. The van der Waals surface area contributed by atoms with Gasteiger partial charge in [-0.15, -0.1) is 0 Å². The molecule has 1 atom stereocenters. The van der Waals surface area contributed by atoms with Crippen LogP contribution in [0.4, 0.5) is 4.79 Å². The second kappa shape index (κ2) is 6.41. The first kappa shape index (κ1) is 15.5. The van der Waals surface area contributed by atoms with Gasteiger partial charge in [-0.3, -0.25) is 0 Å². The molecule has 2 amide bonds. The van der Waals surface area contributed by atoms with E-state index in [0.29, 0.717) is 13.0 Å². The SMILES string of the molecule is O=C(NCc1ccc(-n2cccn2)cc1)N[C@@H]1CCS(=O)(=O)C1. The highest BCUT2D eigenvalue weighted by molar-refractivity contribution is 7.91. The van der Waals surface area contributed by atoms with Gasteiger partial charge in [0.1, 0.15) is 0 Å². The zero-order chi connectivity index (χ0) is 16.3. The summed E-state index contributed by atoms with van der Waals surface area (Å²) in [6, 6.07) is 8.89. The molecule has 1 fully saturated rings. The Morgan fingerprint density at radius 3 is 2.70 bits per heavy atom. The normalized spacial score (nSPS) is 19.4. The van der Waals surface area contributed by atoms with Gasteiger partial charge >= 0.3 is 6.03 Å². The highest BCUT2D eigenvalue weighted by atomic mass is 32.2. The molecule has 2 N–H and O–H groups in total. The number of nitrogens with one attached hydrogen (secondary N) is 2. The van der Waals surface area contributed by atoms with Gasteiger partial charge in [-0.1, -0.05) is 12.1 Å². The Bertz CT molecular complexity index is 770. The van der Waals surface area contributed by atoms with Crippen LogP contribution in [0.15, 0.2) is 42.7 Å². The third-order valence-electron chi connectivity index (χ3n) is 3.73. The molecular formula is C15H18N4O3S. The standard InChI is InChI=1S/C15H18N4O3S/c20-15(18-13-6-9-23(21,22)11-13)16-10-12-2-4-14(5-3-12)19-8-1-7-17-19/h1-5,7-8,13H,6,9-11H2,(H2,16,18,20)/t13-/m1/s1. The summed E-state index contributed by atoms with van der Waals surface area (Å²) >= 11 is 0. The summed E-state index contributed by atoms with van der Waals surface area (Å²) in [6.45, 7) is 0.380. The number of carbonyl (C=O) groups is 1. The third kappa shape index (κ3) is 4.10. The second-order valence-corrected chi connectivity index (χ2v) is 7.77. The molecule has 0 saturated carbocycles. The number of carbonyl (C=O) groups excluding carboxylic acids is 1. The maximum Gasteiger partial charge on any atom is 0.315 e. The molecule has 2 aromatic rings. The maximum absolute atomic E-state index is 11.8. The number of benzene rings is 1. The topological polar surface area (TPSA) is 93.1 Å². The van der Waals surface area contributed by atoms with Crippen molar-refractivity contribution in [2.24, 2.45) is 0 Å². The van der Waals surface area contributed by atoms with E-state index in [2.05, 4.69) is 15.7 Å². The van der Waals surface area contributed by atoms with Crippen molar-refractivity contribution in [1.82, 2.24) is 20.4 Å². The average Bonchev–Trinajstić information content (AvgIpc) is 3.15. The smallest absolute Gasteiger partial charge is 0.315 e. The van der Waals surface area contributed by atoms with E-state index in [9.17, 15) is 13.2 Å². The number of amides is 2. The summed E-state index contributed by atoms with van der Waals surface area (Å²) in [6.07, 6.45) is 4.05. The van der Waals surface area contributed by atoms with Crippen LogP contribution >= 0.6 is 0 Å². The molecule has 0 radical (unpaired) electrons. The largest absolute Gasteiger partial charge is 0.334 e. The number of rotatable bonds is 4. The van der Waals surface area contributed by atoms with Crippen molar-refractivity contribution in [3.63, 3.8) is 0 Å². The first-order chi connectivity index (χ1) is 11.0. The Hall–Kier alpha value is -2.35. The number of sulfone groups is 1. The van der Waals surface area contributed by atoms with Crippen LogP contribution in [0.5, 0.6) is 0 Å². The Kier molecular flexibility index (Phi) is 4.33. The summed E-state index contributed by atoms with van der Waals surface area (Å²) in [5, 5.41) is 9.58. The highest BCUT2D eigenvalue weighted by Crippen LogP contribution is 2.11. The maximum atomic E-state index is 11.8. The highest BCUT2D eigenvalue weighted by Gasteiger charge is 2.28. The molecule has 2 heterocycles. The van der Waals surface area contributed by atoms with E-state index in [0.717, 1.165) is 11.3 Å². The van der Waals surface area contributed by atoms with Gasteiger partial charge in [0, 0.05) is 25.0 Å². The predicted octanol–water partition coefficient (Wildman–Crippen LogP) is 0.859. The number of urea groups is 1. The quantitative estimate of drug-likeness (QED) is 0.867. The van der Waals surface area contributed by atoms with E-state index in [-0.39, 0.29) is 23.6 Å². The van der Waals surface area contributed by atoms with Crippen LogP contribution < -0.4 is 10.6 Å². The monoisotopic (exact) mass is 334 g/mol. The number of hydrogen-bond acceptors (Lipinski definition) is 4. The summed E-state index contributed by atoms with van der Waals surface area (Å²) < 4.78 is 24.5. The lowest BCUT2D eigenvalue weighted by atomic mass is 10.2. The van der Waals surface area contributed by atoms with E-state index < -0.39 is 9.84 Å². The van der Waals surface area contributed by atoms with Crippen LogP contribution in [0.2, 0.25) is 0 Å². The molecule has 8 heteroatoms. The van der Waals surface area contributed by atoms with Gasteiger partial charge in [0.2, 0.25) is 0 Å². The van der Waals surface area contributed by atoms with Crippen molar-refractivity contribution in [1.29, 1.82) is 0 Å². The van der Waals surface area contributed by atoms with Gasteiger partial charge < -0.3 is 10.6 Å². The predicted molar refractivity (Wildman–Crippen MR) is 86.0 cm³/mol. The number of nitrogens with zero attached hydrogens (tertiary/aromatic N) is 2. The van der Waals surface area contributed by atoms with E-state index in [4.69, 9.17) is 0 Å². The van der Waals surface area contributed by atoms with Crippen LogP contribution in [0.3, 0.4) is 0 Å². The van der Waals surface area contributed by atoms with Crippen LogP contribution in [0, 0.1) is 0 Å². The molecule has 122 valence electrons. The zero-order valence-electron chi connectivity index (χ0n) is 12.5. The third-order valence-corrected chi connectivity index (χ3v) is 5.49. The van der Waals surface area contributed by atoms with E-state index >= 15 is 0 Å². The zero-order valence-corrected chi connectivity index (χ0v) is 13.3. The van der Waals surface area contributed by atoms with Crippen LogP contribution in [-0.4, -0.2) is 41.8 Å². The average molecular weight is 334 g/mol. The molecule has 1 aliphatic rings. The van der Waals surface area contributed by atoms with Crippen molar-refractivity contribution >= 4 is 15.9 Å². The Morgan fingerprint density at radius 2 is 2.09 bits per heavy atom. The van der Waals surface area contributed by atoms with Crippen molar-refractivity contribution in [3.8, 4) is 5.69 Å². The Labute approximate surface area is 134 Å². The molecule has 23 heavy (non-hydrogen) atoms. The van der Waals surface area contributed by atoms with Crippen LogP contribution in [0.25, 0.3) is 5.69 Å². The molecule has 3 rings (SSSR count). The minimum atomic E-state index is -2.99. The van der Waals surface area contributed by atoms with E-state index in [1.165, 1.54) is 0 Å². The molecule has 7 nitrogen and oxygen atoms in total. The van der Waals surface area contributed by atoms with E-state index in [1.54, 1.807) is 10.9 Å². The van der Waals surface area contributed by atoms with E-state index in [1.807, 2.05) is 36.5 Å².